The molecule has 0 aromatic carbocycles. The van der Waals surface area contributed by atoms with Gasteiger partial charge in [-0.3, -0.25) is 9.59 Å². The van der Waals surface area contributed by atoms with Crippen LogP contribution in [0.1, 0.15) is 265 Å². The number of hydrogen-bond donors (Lipinski definition) is 6. The number of esters is 1. The van der Waals surface area contributed by atoms with Crippen LogP contribution in [0.5, 0.6) is 0 Å². The fraction of sp³-hybridized carbons (Fsp3) is 0.699. The zero-order valence-corrected chi connectivity index (χ0v) is 53.2. The van der Waals surface area contributed by atoms with Crippen molar-refractivity contribution in [2.45, 2.75) is 314 Å². The Hall–Kier alpha value is -3.94. The number of hydrogen-bond acceptors (Lipinski definition) is 10. The zero-order valence-electron chi connectivity index (χ0n) is 53.2. The Morgan fingerprint density at radius 3 is 1.31 bits per heavy atom. The molecule has 1 heterocycles. The van der Waals surface area contributed by atoms with E-state index < -0.39 is 67.4 Å². The quantitative estimate of drug-likeness (QED) is 0.0195. The highest BCUT2D eigenvalue weighted by molar-refractivity contribution is 5.80. The van der Waals surface area contributed by atoms with Crippen molar-refractivity contribution >= 4 is 11.9 Å². The molecule has 84 heavy (non-hydrogen) atoms. The van der Waals surface area contributed by atoms with Crippen molar-refractivity contribution in [3.63, 3.8) is 0 Å². The van der Waals surface area contributed by atoms with Gasteiger partial charge >= 0.3 is 5.97 Å². The minimum atomic E-state index is -1.64. The molecule has 0 aliphatic carbocycles. The van der Waals surface area contributed by atoms with Crippen molar-refractivity contribution in [2.24, 2.45) is 0 Å². The summed E-state index contributed by atoms with van der Waals surface area (Å²) in [6, 6.07) is -1.04. The van der Waals surface area contributed by atoms with E-state index in [1.165, 1.54) is 89.9 Å². The van der Waals surface area contributed by atoms with Crippen LogP contribution < -0.4 is 5.32 Å². The third-order valence-electron chi connectivity index (χ3n) is 15.1. The standard InChI is InChI=1S/C73H123NO10/c1-4-7-10-13-16-19-22-25-27-29-31-32-33-34-35-37-38-40-42-45-48-51-54-57-60-66(77)72(81)74-64(65(76)59-56-53-50-47-44-24-21-18-15-12-9-6-3)63-82-73-71(70(80)69(79)67(62-75)83-73)84-68(78)61-58-55-52-49-46-43-41-39-36-30-28-26-23-20-17-14-11-8-5-2/h7,10,16-17,19-20,25-28,31-32,34-36,39,43,46,56,59,64-67,69-71,73,75-77,79-80H,4-6,8-9,11-15,18,21-24,29-30,33,37-38,40-42,44-45,47-55,57-58,60-63H2,1-3H3,(H,74,81)/b10-7-,19-16-,20-17-,27-25-,28-26-,32-31-,35-34-,39-36-,46-43-,59-56+. The lowest BCUT2D eigenvalue weighted by Crippen LogP contribution is -2.61. The number of amides is 1. The van der Waals surface area contributed by atoms with Crippen LogP contribution in [0.4, 0.5) is 0 Å². The Labute approximate surface area is 512 Å². The summed E-state index contributed by atoms with van der Waals surface area (Å²) < 4.78 is 17.6. The van der Waals surface area contributed by atoms with E-state index >= 15 is 0 Å². The second-order valence-corrected chi connectivity index (χ2v) is 22.8. The van der Waals surface area contributed by atoms with Crippen molar-refractivity contribution in [1.82, 2.24) is 5.32 Å². The van der Waals surface area contributed by atoms with Crippen LogP contribution in [-0.4, -0.2) is 99.6 Å². The van der Waals surface area contributed by atoms with Gasteiger partial charge in [-0.2, -0.15) is 0 Å². The molecule has 1 aliphatic heterocycles. The van der Waals surface area contributed by atoms with Gasteiger partial charge in [0.25, 0.3) is 0 Å². The molecule has 1 rings (SSSR count). The number of aliphatic hydroxyl groups excluding tert-OH is 5. The van der Waals surface area contributed by atoms with Crippen LogP contribution in [0.25, 0.3) is 0 Å². The third-order valence-corrected chi connectivity index (χ3v) is 15.1. The van der Waals surface area contributed by atoms with E-state index in [0.29, 0.717) is 12.8 Å². The predicted molar refractivity (Wildman–Crippen MR) is 351 cm³/mol. The lowest BCUT2D eigenvalue weighted by Gasteiger charge is -2.41. The maximum absolute atomic E-state index is 13.5. The molecule has 1 saturated heterocycles. The summed E-state index contributed by atoms with van der Waals surface area (Å²) in [6.07, 6.45) is 72.3. The normalized spacial score (nSPS) is 19.3. The van der Waals surface area contributed by atoms with Gasteiger partial charge in [0, 0.05) is 6.42 Å². The number of unbranched alkanes of at least 4 members (excludes halogenated alkanes) is 24. The molecule has 11 heteroatoms. The summed E-state index contributed by atoms with van der Waals surface area (Å²) in [6.45, 7) is 5.63. The molecule has 6 N–H and O–H groups in total. The minimum absolute atomic E-state index is 0.0796. The van der Waals surface area contributed by atoms with Gasteiger partial charge in [-0.15, -0.1) is 0 Å². The summed E-state index contributed by atoms with van der Waals surface area (Å²) in [7, 11) is 0. The third kappa shape index (κ3) is 46.3. The first-order valence-electron chi connectivity index (χ1n) is 33.8. The first kappa shape index (κ1) is 78.1. The maximum Gasteiger partial charge on any atom is 0.306 e. The average Bonchev–Trinajstić information content (AvgIpc) is 3.54. The molecule has 0 aromatic rings. The molecule has 0 saturated carbocycles. The van der Waals surface area contributed by atoms with E-state index in [1.54, 1.807) is 6.08 Å². The Kier molecular flexibility index (Phi) is 55.2. The Morgan fingerprint density at radius 1 is 0.476 bits per heavy atom. The zero-order chi connectivity index (χ0) is 61.0. The van der Waals surface area contributed by atoms with Gasteiger partial charge in [-0.25, -0.2) is 0 Å². The second-order valence-electron chi connectivity index (χ2n) is 22.8. The van der Waals surface area contributed by atoms with Crippen LogP contribution in [0.3, 0.4) is 0 Å². The summed E-state index contributed by atoms with van der Waals surface area (Å²) in [5, 5.41) is 57.1. The summed E-state index contributed by atoms with van der Waals surface area (Å²) >= 11 is 0. The average molecular weight is 1170 g/mol. The molecule has 0 aromatic heterocycles. The van der Waals surface area contributed by atoms with Crippen molar-refractivity contribution in [1.29, 1.82) is 0 Å². The molecule has 8 atom stereocenters. The first-order valence-corrected chi connectivity index (χ1v) is 33.8. The summed E-state index contributed by atoms with van der Waals surface area (Å²) in [4.78, 5) is 26.6. The number of allylic oxidation sites excluding steroid dienone is 19. The molecular formula is C73H123NO10. The number of carbonyl (C=O) groups is 2. The first-order chi connectivity index (χ1) is 41.2. The molecule has 1 fully saturated rings. The van der Waals surface area contributed by atoms with Gasteiger partial charge in [0.1, 0.15) is 24.4 Å². The van der Waals surface area contributed by atoms with Gasteiger partial charge < -0.3 is 45.1 Å². The molecule has 11 nitrogen and oxygen atoms in total. The summed E-state index contributed by atoms with van der Waals surface area (Å²) in [5.41, 5.74) is 0. The number of ether oxygens (including phenoxy) is 3. The lowest BCUT2D eigenvalue weighted by atomic mass is 9.99. The number of rotatable bonds is 56. The molecule has 1 aliphatic rings. The molecule has 8 unspecified atom stereocenters. The van der Waals surface area contributed by atoms with Gasteiger partial charge in [-0.1, -0.05) is 264 Å². The van der Waals surface area contributed by atoms with Gasteiger partial charge in [0.05, 0.1) is 25.4 Å². The number of carbonyl (C=O) groups excluding carboxylic acids is 2. The van der Waals surface area contributed by atoms with E-state index in [-0.39, 0.29) is 19.4 Å². The predicted octanol–water partition coefficient (Wildman–Crippen LogP) is 17.0. The molecule has 0 spiro atoms. The van der Waals surface area contributed by atoms with Gasteiger partial charge in [0.15, 0.2) is 12.4 Å². The largest absolute Gasteiger partial charge is 0.454 e. The van der Waals surface area contributed by atoms with Gasteiger partial charge in [-0.05, 0) is 116 Å². The maximum atomic E-state index is 13.5. The Morgan fingerprint density at radius 2 is 0.857 bits per heavy atom. The van der Waals surface area contributed by atoms with Crippen molar-refractivity contribution in [3.05, 3.63) is 122 Å². The Balaban J connectivity index is 2.65. The van der Waals surface area contributed by atoms with E-state index in [1.807, 2.05) is 6.08 Å². The molecule has 0 radical (unpaired) electrons. The van der Waals surface area contributed by atoms with Crippen molar-refractivity contribution < 1.29 is 49.3 Å². The van der Waals surface area contributed by atoms with E-state index in [0.717, 1.165) is 128 Å². The van der Waals surface area contributed by atoms with Crippen LogP contribution in [0, 0.1) is 0 Å². The SMILES string of the molecule is CC/C=C\C/C=C\C/C=C\C/C=C\C/C=C\CCCCCCCCCCC(O)C(=O)NC(COC1OC(CO)C(O)C(O)C1OC(=O)CCCCC/C=C\C/C=C\C/C=C\C/C=C\CCCCC)C(O)/C=C/CCCCCCCCCCCC. The van der Waals surface area contributed by atoms with Crippen LogP contribution >= 0.6 is 0 Å². The summed E-state index contributed by atoms with van der Waals surface area (Å²) in [5.74, 6) is -1.24. The molecule has 480 valence electrons. The van der Waals surface area contributed by atoms with Gasteiger partial charge in [0.2, 0.25) is 5.91 Å². The molecule has 1 amide bonds. The highest BCUT2D eigenvalue weighted by Gasteiger charge is 2.47. The highest BCUT2D eigenvalue weighted by Crippen LogP contribution is 2.26. The second kappa shape index (κ2) is 59.4. The fourth-order valence-electron chi connectivity index (χ4n) is 9.78. The highest BCUT2D eigenvalue weighted by atomic mass is 16.7. The molecule has 0 bridgehead atoms. The Bertz CT molecular complexity index is 1830. The van der Waals surface area contributed by atoms with Crippen molar-refractivity contribution in [3.8, 4) is 0 Å². The van der Waals surface area contributed by atoms with Crippen LogP contribution in [-0.2, 0) is 23.8 Å². The lowest BCUT2D eigenvalue weighted by molar-refractivity contribution is -0.305. The minimum Gasteiger partial charge on any atom is -0.454 e. The topological polar surface area (TPSA) is 175 Å². The fourth-order valence-corrected chi connectivity index (χ4v) is 9.78. The van der Waals surface area contributed by atoms with Crippen LogP contribution in [0.15, 0.2) is 122 Å². The monoisotopic (exact) mass is 1170 g/mol. The van der Waals surface area contributed by atoms with Crippen molar-refractivity contribution in [2.75, 3.05) is 13.2 Å². The molecular weight excluding hydrogens is 1050 g/mol. The van der Waals surface area contributed by atoms with Crippen LogP contribution in [0.2, 0.25) is 0 Å². The van der Waals surface area contributed by atoms with E-state index in [4.69, 9.17) is 14.2 Å². The number of nitrogens with one attached hydrogen (secondary N) is 1. The number of aliphatic hydroxyl groups is 5. The van der Waals surface area contributed by atoms with E-state index in [9.17, 15) is 35.1 Å². The van der Waals surface area contributed by atoms with E-state index in [2.05, 4.69) is 135 Å². The smallest absolute Gasteiger partial charge is 0.306 e.